The Labute approximate surface area is 200 Å². The van der Waals surface area contributed by atoms with Crippen LogP contribution in [0.3, 0.4) is 0 Å². The van der Waals surface area contributed by atoms with Crippen LogP contribution in [-0.2, 0) is 17.6 Å². The molecule has 0 aliphatic carbocycles. The molecule has 174 valence electrons. The number of carbonyl (C=O) groups excluding carboxylic acids is 1. The topological polar surface area (TPSA) is 107 Å². The van der Waals surface area contributed by atoms with Gasteiger partial charge < -0.3 is 10.6 Å². The van der Waals surface area contributed by atoms with E-state index in [0.29, 0.717) is 58.8 Å². The maximum atomic E-state index is 12.0. The quantitative estimate of drug-likeness (QED) is 0.343. The van der Waals surface area contributed by atoms with Gasteiger partial charge in [0.15, 0.2) is 11.6 Å². The summed E-state index contributed by atoms with van der Waals surface area (Å²) >= 11 is 6.16. The molecule has 2 aromatic carbocycles. The lowest BCUT2D eigenvalue weighted by atomic mass is 10.1. The number of aromatic nitrogens is 2. The van der Waals surface area contributed by atoms with E-state index in [9.17, 15) is 13.9 Å². The van der Waals surface area contributed by atoms with Crippen molar-refractivity contribution < 1.29 is 13.9 Å². The van der Waals surface area contributed by atoms with Crippen molar-refractivity contribution in [2.75, 3.05) is 17.6 Å². The fourth-order valence-corrected chi connectivity index (χ4v) is 5.62. The molecule has 0 atom stereocenters. The van der Waals surface area contributed by atoms with E-state index in [-0.39, 0.29) is 5.91 Å². The number of rotatable bonds is 7. The Hall–Kier alpha value is -2.65. The SMILES string of the molecule is CCCNC(=O)Cc1ccc(Nc2nc(-c3cccc(Cl)c3)nc3c2S(O)(O)CCC3)cc1. The Bertz CT molecular complexity index is 1150. The van der Waals surface area contributed by atoms with Crippen molar-refractivity contribution in [3.63, 3.8) is 0 Å². The molecule has 4 rings (SSSR count). The molecule has 0 spiro atoms. The monoisotopic (exact) mass is 486 g/mol. The molecule has 1 aliphatic rings. The maximum Gasteiger partial charge on any atom is 0.224 e. The Kier molecular flexibility index (Phi) is 7.19. The van der Waals surface area contributed by atoms with Crippen molar-refractivity contribution in [3.8, 4) is 11.4 Å². The highest BCUT2D eigenvalue weighted by molar-refractivity contribution is 8.24. The zero-order chi connectivity index (χ0) is 23.4. The van der Waals surface area contributed by atoms with Gasteiger partial charge in [0.05, 0.1) is 12.1 Å². The van der Waals surface area contributed by atoms with E-state index in [1.807, 2.05) is 43.3 Å². The first kappa shape index (κ1) is 23.5. The van der Waals surface area contributed by atoms with Gasteiger partial charge in [0.2, 0.25) is 5.91 Å². The largest absolute Gasteiger partial charge is 0.356 e. The van der Waals surface area contributed by atoms with Gasteiger partial charge in [-0.2, -0.15) is 10.6 Å². The van der Waals surface area contributed by atoms with Crippen LogP contribution in [0, 0.1) is 0 Å². The molecule has 1 aromatic heterocycles. The van der Waals surface area contributed by atoms with Crippen LogP contribution in [0.4, 0.5) is 11.5 Å². The zero-order valence-electron chi connectivity index (χ0n) is 18.3. The van der Waals surface area contributed by atoms with Crippen molar-refractivity contribution >= 4 is 39.6 Å². The number of fused-ring (bicyclic) bond motifs is 1. The number of hydrogen-bond acceptors (Lipinski definition) is 6. The second kappa shape index (κ2) is 10.1. The second-order valence-corrected chi connectivity index (χ2v) is 10.6. The number of halogens is 1. The minimum absolute atomic E-state index is 0.0115. The summed E-state index contributed by atoms with van der Waals surface area (Å²) in [5.41, 5.74) is 3.01. The summed E-state index contributed by atoms with van der Waals surface area (Å²) < 4.78 is 21.5. The van der Waals surface area contributed by atoms with Crippen LogP contribution in [0.1, 0.15) is 31.0 Å². The van der Waals surface area contributed by atoms with E-state index in [1.165, 1.54) is 0 Å². The van der Waals surface area contributed by atoms with Crippen LogP contribution in [-0.4, -0.2) is 37.3 Å². The first-order valence-electron chi connectivity index (χ1n) is 10.9. The lowest BCUT2D eigenvalue weighted by Crippen LogP contribution is -2.25. The number of benzene rings is 2. The van der Waals surface area contributed by atoms with Crippen LogP contribution in [0.15, 0.2) is 53.4 Å². The third-order valence-corrected chi connectivity index (χ3v) is 7.52. The van der Waals surface area contributed by atoms with E-state index in [4.69, 9.17) is 11.6 Å². The van der Waals surface area contributed by atoms with Gasteiger partial charge in [-0.15, -0.1) is 0 Å². The average Bonchev–Trinajstić information content (AvgIpc) is 2.78. The normalized spacial score (nSPS) is 15.4. The highest BCUT2D eigenvalue weighted by Crippen LogP contribution is 2.56. The Morgan fingerprint density at radius 2 is 1.94 bits per heavy atom. The Morgan fingerprint density at radius 1 is 1.15 bits per heavy atom. The van der Waals surface area contributed by atoms with E-state index in [1.54, 1.807) is 12.1 Å². The number of hydrogen-bond donors (Lipinski definition) is 4. The van der Waals surface area contributed by atoms with Crippen LogP contribution in [0.2, 0.25) is 5.02 Å². The van der Waals surface area contributed by atoms with Gasteiger partial charge in [-0.05, 0) is 49.1 Å². The van der Waals surface area contributed by atoms with Crippen molar-refractivity contribution in [1.82, 2.24) is 15.3 Å². The zero-order valence-corrected chi connectivity index (χ0v) is 19.9. The summed E-state index contributed by atoms with van der Waals surface area (Å²) in [6, 6.07) is 14.7. The molecule has 3 aromatic rings. The molecule has 33 heavy (non-hydrogen) atoms. The predicted molar refractivity (Wildman–Crippen MR) is 134 cm³/mol. The van der Waals surface area contributed by atoms with Gasteiger partial charge in [0.25, 0.3) is 0 Å². The molecule has 4 N–H and O–H groups in total. The fraction of sp³-hybridized carbons (Fsp3) is 0.292. The van der Waals surface area contributed by atoms with Crippen molar-refractivity contribution in [1.29, 1.82) is 0 Å². The fourth-order valence-electron chi connectivity index (χ4n) is 3.75. The summed E-state index contributed by atoms with van der Waals surface area (Å²) in [5.74, 6) is 1.13. The van der Waals surface area contributed by atoms with E-state index < -0.39 is 10.6 Å². The first-order chi connectivity index (χ1) is 15.9. The van der Waals surface area contributed by atoms with Gasteiger partial charge in [-0.25, -0.2) is 9.97 Å². The molecular formula is C24H27ClN4O3S. The Balaban J connectivity index is 1.65. The van der Waals surface area contributed by atoms with Gasteiger partial charge in [0, 0.05) is 28.6 Å². The molecule has 0 fully saturated rings. The van der Waals surface area contributed by atoms with Crippen molar-refractivity contribution in [3.05, 3.63) is 64.8 Å². The highest BCUT2D eigenvalue weighted by Gasteiger charge is 2.30. The van der Waals surface area contributed by atoms with Gasteiger partial charge in [-0.1, -0.05) is 42.8 Å². The molecule has 0 bridgehead atoms. The molecule has 0 radical (unpaired) electrons. The maximum absolute atomic E-state index is 12.0. The molecule has 2 heterocycles. The van der Waals surface area contributed by atoms with Crippen LogP contribution < -0.4 is 10.6 Å². The minimum Gasteiger partial charge on any atom is -0.356 e. The van der Waals surface area contributed by atoms with Gasteiger partial charge in [-0.3, -0.25) is 13.9 Å². The third-order valence-electron chi connectivity index (χ3n) is 5.34. The van der Waals surface area contributed by atoms with Crippen LogP contribution in [0.5, 0.6) is 0 Å². The second-order valence-electron chi connectivity index (χ2n) is 8.01. The van der Waals surface area contributed by atoms with Gasteiger partial charge >= 0.3 is 0 Å². The number of carbonyl (C=O) groups is 1. The number of amides is 1. The highest BCUT2D eigenvalue weighted by atomic mass is 35.5. The summed E-state index contributed by atoms with van der Waals surface area (Å²) in [6.45, 7) is 2.68. The van der Waals surface area contributed by atoms with E-state index in [0.717, 1.165) is 23.2 Å². The van der Waals surface area contributed by atoms with E-state index in [2.05, 4.69) is 20.6 Å². The molecule has 0 saturated carbocycles. The summed E-state index contributed by atoms with van der Waals surface area (Å²) in [6.07, 6.45) is 2.49. The lowest BCUT2D eigenvalue weighted by molar-refractivity contribution is -0.120. The van der Waals surface area contributed by atoms with Crippen LogP contribution >= 0.6 is 22.2 Å². The summed E-state index contributed by atoms with van der Waals surface area (Å²) in [4.78, 5) is 21.6. The molecular weight excluding hydrogens is 460 g/mol. The molecule has 9 heteroatoms. The molecule has 1 aliphatic heterocycles. The molecule has 1 amide bonds. The third kappa shape index (κ3) is 5.65. The Morgan fingerprint density at radius 3 is 2.67 bits per heavy atom. The summed E-state index contributed by atoms with van der Waals surface area (Å²) in [5, 5.41) is 6.69. The number of aryl methyl sites for hydroxylation is 1. The number of nitrogens with one attached hydrogen (secondary N) is 2. The molecule has 0 saturated heterocycles. The average molecular weight is 487 g/mol. The lowest BCUT2D eigenvalue weighted by Gasteiger charge is -2.38. The minimum atomic E-state index is -3.00. The number of nitrogens with zero attached hydrogens (tertiary/aromatic N) is 2. The number of anilines is 2. The van der Waals surface area contributed by atoms with Crippen molar-refractivity contribution in [2.24, 2.45) is 0 Å². The van der Waals surface area contributed by atoms with Crippen LogP contribution in [0.25, 0.3) is 11.4 Å². The van der Waals surface area contributed by atoms with Crippen molar-refractivity contribution in [2.45, 2.75) is 37.5 Å². The predicted octanol–water partition coefficient (Wildman–Crippen LogP) is 5.67. The molecule has 7 nitrogen and oxygen atoms in total. The smallest absolute Gasteiger partial charge is 0.224 e. The van der Waals surface area contributed by atoms with Gasteiger partial charge in [0.1, 0.15) is 4.90 Å². The molecule has 0 unspecified atom stereocenters. The van der Waals surface area contributed by atoms with E-state index >= 15 is 0 Å². The summed E-state index contributed by atoms with van der Waals surface area (Å²) in [7, 11) is -3.00. The first-order valence-corrected chi connectivity index (χ1v) is 13.0. The standard InChI is InChI=1S/C24H27ClN4O3S/c1-2-12-26-21(30)14-16-8-10-19(11-9-16)27-24-22-20(7-4-13-33(22,31)32)28-23(29-24)17-5-3-6-18(25)15-17/h3,5-6,8-11,15,31-32H,2,4,7,12-14H2,1H3,(H,26,30)(H,27,28,29).